The lowest BCUT2D eigenvalue weighted by Crippen LogP contribution is -2.32. The van der Waals surface area contributed by atoms with E-state index >= 15 is 0 Å². The molecule has 1 aliphatic carbocycles. The van der Waals surface area contributed by atoms with Gasteiger partial charge in [0.25, 0.3) is 0 Å². The summed E-state index contributed by atoms with van der Waals surface area (Å²) >= 11 is 1.22. The van der Waals surface area contributed by atoms with Gasteiger partial charge in [-0.15, -0.1) is 0 Å². The van der Waals surface area contributed by atoms with Gasteiger partial charge >= 0.3 is 0 Å². The van der Waals surface area contributed by atoms with Crippen molar-refractivity contribution in [3.63, 3.8) is 0 Å². The lowest BCUT2D eigenvalue weighted by atomic mass is 9.82. The summed E-state index contributed by atoms with van der Waals surface area (Å²) in [5, 5.41) is 5.45. The Morgan fingerprint density at radius 1 is 1.13 bits per heavy atom. The van der Waals surface area contributed by atoms with Crippen LogP contribution in [0.4, 0.5) is 4.39 Å². The fourth-order valence-electron chi connectivity index (χ4n) is 5.09. The van der Waals surface area contributed by atoms with Gasteiger partial charge < -0.3 is 18.6 Å². The first-order valence-electron chi connectivity index (χ1n) is 12.7. The van der Waals surface area contributed by atoms with Crippen LogP contribution >= 0.6 is 11.3 Å². The quantitative estimate of drug-likeness (QED) is 0.211. The van der Waals surface area contributed by atoms with Crippen molar-refractivity contribution in [1.29, 1.82) is 0 Å². The van der Waals surface area contributed by atoms with Crippen molar-refractivity contribution in [3.05, 3.63) is 59.0 Å². The van der Waals surface area contributed by atoms with E-state index in [4.69, 9.17) is 23.6 Å². The van der Waals surface area contributed by atoms with Gasteiger partial charge in [0.2, 0.25) is 4.96 Å². The zero-order valence-corrected chi connectivity index (χ0v) is 22.4. The van der Waals surface area contributed by atoms with Gasteiger partial charge in [0, 0.05) is 19.2 Å². The SMILES string of the molecule is COc1cc(OCc2cccc(C3(OC)CCCCC3)n2)c2cc(-c3cn4nc([C@H](C)F)sc4n3)oc2c1. The zero-order valence-electron chi connectivity index (χ0n) is 21.6. The molecule has 4 heterocycles. The van der Waals surface area contributed by atoms with Crippen LogP contribution in [0.15, 0.2) is 47.0 Å². The molecule has 1 saturated carbocycles. The molecular formula is C28H29FN4O4S. The van der Waals surface area contributed by atoms with Crippen LogP contribution in [-0.4, -0.2) is 33.8 Å². The summed E-state index contributed by atoms with van der Waals surface area (Å²) in [5.74, 6) is 1.79. The molecule has 1 atom stereocenters. The molecule has 0 spiro atoms. The Kier molecular flexibility index (Phi) is 6.53. The first kappa shape index (κ1) is 24.8. The predicted molar refractivity (Wildman–Crippen MR) is 142 cm³/mol. The third kappa shape index (κ3) is 4.52. The summed E-state index contributed by atoms with van der Waals surface area (Å²) in [5.41, 5.74) is 2.67. The Balaban J connectivity index is 1.29. The molecule has 0 bridgehead atoms. The Labute approximate surface area is 223 Å². The molecule has 0 saturated heterocycles. The molecule has 10 heteroatoms. The molecule has 8 nitrogen and oxygen atoms in total. The number of aromatic nitrogens is 4. The maximum absolute atomic E-state index is 13.6. The highest BCUT2D eigenvalue weighted by molar-refractivity contribution is 7.16. The number of ether oxygens (including phenoxy) is 3. The lowest BCUT2D eigenvalue weighted by molar-refractivity contribution is -0.0480. The molecule has 4 aromatic heterocycles. The highest BCUT2D eigenvalue weighted by Gasteiger charge is 2.35. The number of methoxy groups -OCH3 is 2. The van der Waals surface area contributed by atoms with Crippen LogP contribution in [-0.2, 0) is 16.9 Å². The van der Waals surface area contributed by atoms with Gasteiger partial charge in [-0.25, -0.2) is 13.9 Å². The molecule has 6 rings (SSSR count). The molecule has 1 aliphatic rings. The lowest BCUT2D eigenvalue weighted by Gasteiger charge is -2.35. The summed E-state index contributed by atoms with van der Waals surface area (Å²) < 4.78 is 39.1. The van der Waals surface area contributed by atoms with Crippen molar-refractivity contribution in [2.45, 2.75) is 57.4 Å². The number of rotatable bonds is 8. The fourth-order valence-corrected chi connectivity index (χ4v) is 5.90. The van der Waals surface area contributed by atoms with Crippen molar-refractivity contribution in [3.8, 4) is 23.0 Å². The highest BCUT2D eigenvalue weighted by Crippen LogP contribution is 2.40. The Morgan fingerprint density at radius 3 is 2.71 bits per heavy atom. The van der Waals surface area contributed by atoms with E-state index < -0.39 is 6.17 Å². The zero-order chi connectivity index (χ0) is 26.3. The fraction of sp³-hybridized carbons (Fsp3) is 0.393. The van der Waals surface area contributed by atoms with Gasteiger partial charge in [-0.1, -0.05) is 36.7 Å². The van der Waals surface area contributed by atoms with Crippen LogP contribution in [0.2, 0.25) is 0 Å². The van der Waals surface area contributed by atoms with Crippen molar-refractivity contribution in [1.82, 2.24) is 19.6 Å². The second-order valence-electron chi connectivity index (χ2n) is 9.62. The van der Waals surface area contributed by atoms with Gasteiger partial charge in [-0.3, -0.25) is 4.98 Å². The molecule has 1 aromatic carbocycles. The summed E-state index contributed by atoms with van der Waals surface area (Å²) in [6.07, 6.45) is 6.07. The summed E-state index contributed by atoms with van der Waals surface area (Å²) in [4.78, 5) is 10.1. The molecule has 38 heavy (non-hydrogen) atoms. The summed E-state index contributed by atoms with van der Waals surface area (Å²) in [6.45, 7) is 1.75. The van der Waals surface area contributed by atoms with E-state index in [-0.39, 0.29) is 12.2 Å². The number of nitrogens with zero attached hydrogens (tertiary/aromatic N) is 4. The van der Waals surface area contributed by atoms with E-state index in [1.54, 1.807) is 24.9 Å². The Hall–Kier alpha value is -3.50. The van der Waals surface area contributed by atoms with Crippen LogP contribution in [0.25, 0.3) is 27.4 Å². The minimum atomic E-state index is -1.14. The van der Waals surface area contributed by atoms with Gasteiger partial charge in [0.1, 0.15) is 35.0 Å². The standard InChI is InChI=1S/C28H29FN4O4S/c1-17(29)26-32-33-15-21(31-27(33)38-26)24-14-20-22(12-19(34-2)13-23(20)37-24)36-16-18-8-7-9-25(30-18)28(35-3)10-5-4-6-11-28/h7-9,12-15,17H,4-6,10-11,16H2,1-3H3/t17-/m0/s1. The van der Waals surface area contributed by atoms with E-state index in [9.17, 15) is 4.39 Å². The molecular weight excluding hydrogens is 507 g/mol. The van der Waals surface area contributed by atoms with Crippen LogP contribution in [0, 0.1) is 0 Å². The topological polar surface area (TPSA) is 83.9 Å². The molecule has 0 aliphatic heterocycles. The summed E-state index contributed by atoms with van der Waals surface area (Å²) in [7, 11) is 3.38. The van der Waals surface area contributed by atoms with Crippen LogP contribution in [0.5, 0.6) is 11.5 Å². The second kappa shape index (κ2) is 9.99. The first-order chi connectivity index (χ1) is 18.5. The average Bonchev–Trinajstić information content (AvgIpc) is 3.65. The highest BCUT2D eigenvalue weighted by atomic mass is 32.1. The molecule has 198 valence electrons. The Morgan fingerprint density at radius 2 is 1.97 bits per heavy atom. The van der Waals surface area contributed by atoms with Gasteiger partial charge in [-0.2, -0.15) is 5.10 Å². The van der Waals surface area contributed by atoms with Crippen molar-refractivity contribution >= 4 is 27.3 Å². The van der Waals surface area contributed by atoms with E-state index in [1.165, 1.54) is 24.7 Å². The molecule has 0 N–H and O–H groups in total. The number of furan rings is 1. The smallest absolute Gasteiger partial charge is 0.212 e. The van der Waals surface area contributed by atoms with E-state index in [0.29, 0.717) is 38.5 Å². The number of benzene rings is 1. The number of fused-ring (bicyclic) bond motifs is 2. The molecule has 1 fully saturated rings. The molecule has 5 aromatic rings. The molecule has 0 unspecified atom stereocenters. The summed E-state index contributed by atoms with van der Waals surface area (Å²) in [6, 6.07) is 11.6. The van der Waals surface area contributed by atoms with Gasteiger partial charge in [0.05, 0.1) is 30.1 Å². The number of hydrogen-bond donors (Lipinski definition) is 0. The minimum Gasteiger partial charge on any atom is -0.496 e. The maximum atomic E-state index is 13.6. The largest absolute Gasteiger partial charge is 0.496 e. The van der Waals surface area contributed by atoms with Crippen molar-refractivity contribution < 1.29 is 23.0 Å². The van der Waals surface area contributed by atoms with Crippen molar-refractivity contribution in [2.75, 3.05) is 14.2 Å². The van der Waals surface area contributed by atoms with Crippen molar-refractivity contribution in [2.24, 2.45) is 0 Å². The maximum Gasteiger partial charge on any atom is 0.212 e. The van der Waals surface area contributed by atoms with E-state index in [2.05, 4.69) is 10.1 Å². The van der Waals surface area contributed by atoms with Gasteiger partial charge in [-0.05, 0) is 38.0 Å². The first-order valence-corrected chi connectivity index (χ1v) is 13.6. The number of imidazole rings is 1. The molecule has 0 amide bonds. The molecule has 0 radical (unpaired) electrons. The van der Waals surface area contributed by atoms with E-state index in [0.717, 1.165) is 42.5 Å². The Bertz CT molecular complexity index is 1550. The van der Waals surface area contributed by atoms with E-state index in [1.807, 2.05) is 36.4 Å². The van der Waals surface area contributed by atoms with Crippen LogP contribution in [0.3, 0.4) is 0 Å². The second-order valence-corrected chi connectivity index (χ2v) is 10.6. The number of hydrogen-bond acceptors (Lipinski definition) is 8. The third-order valence-corrected chi connectivity index (χ3v) is 8.24. The number of halogens is 1. The third-order valence-electron chi connectivity index (χ3n) is 7.16. The minimum absolute atomic E-state index is 0.282. The monoisotopic (exact) mass is 536 g/mol. The normalized spacial score (nSPS) is 16.2. The average molecular weight is 537 g/mol. The predicted octanol–water partition coefficient (Wildman–Crippen LogP) is 7.02. The van der Waals surface area contributed by atoms with Gasteiger partial charge in [0.15, 0.2) is 16.9 Å². The number of alkyl halides is 1. The van der Waals surface area contributed by atoms with Crippen LogP contribution in [0.1, 0.15) is 61.6 Å². The number of pyridine rings is 1. The van der Waals surface area contributed by atoms with Crippen LogP contribution < -0.4 is 9.47 Å².